The Hall–Kier alpha value is -3.75. The van der Waals surface area contributed by atoms with E-state index in [9.17, 15) is 23.2 Å². The summed E-state index contributed by atoms with van der Waals surface area (Å²) in [6, 6.07) is 12.7. The molecular formula is C32H35F3N6O2. The molecule has 3 aromatic rings. The number of nitrogens with zero attached hydrogens (tertiary/aromatic N) is 6. The summed E-state index contributed by atoms with van der Waals surface area (Å²) in [6.07, 6.45) is -1.20. The van der Waals surface area contributed by atoms with E-state index in [0.717, 1.165) is 11.4 Å². The number of halogens is 3. The summed E-state index contributed by atoms with van der Waals surface area (Å²) >= 11 is 0. The van der Waals surface area contributed by atoms with E-state index < -0.39 is 23.2 Å². The number of benzene rings is 2. The van der Waals surface area contributed by atoms with Crippen LogP contribution in [-0.4, -0.2) is 51.4 Å². The lowest BCUT2D eigenvalue weighted by atomic mass is 9.57. The van der Waals surface area contributed by atoms with Crippen LogP contribution in [0, 0.1) is 17.2 Å². The maximum absolute atomic E-state index is 14.5. The van der Waals surface area contributed by atoms with Crippen LogP contribution in [0.1, 0.15) is 72.0 Å². The van der Waals surface area contributed by atoms with Crippen molar-refractivity contribution < 1.29 is 22.7 Å². The third-order valence-electron chi connectivity index (χ3n) is 9.61. The molecule has 43 heavy (non-hydrogen) atoms. The standard InChI is InChI=1S/C32H35F3N6O2/c1-20-17-40(8-9-43-20)30(2,3)23-11-25-26(27(12-23)32(33,34)35)18-41(29(25)42)24-7-5-6-22(10-24)31(13-21(14-31)16-36)15-28-38-37-19-39(28)4/h5-7,10-12,19-21H,8-9,13-15,17-18H2,1-4H3/t20-,21?,31?/m1/s1. The second kappa shape index (κ2) is 10.5. The summed E-state index contributed by atoms with van der Waals surface area (Å²) in [5.74, 6) is 0.239. The van der Waals surface area contributed by atoms with E-state index in [0.29, 0.717) is 50.2 Å². The largest absolute Gasteiger partial charge is 0.416 e. The molecule has 0 unspecified atom stereocenters. The highest BCUT2D eigenvalue weighted by molar-refractivity contribution is 6.10. The number of fused-ring (bicyclic) bond motifs is 1. The lowest BCUT2D eigenvalue weighted by Crippen LogP contribution is -2.50. The summed E-state index contributed by atoms with van der Waals surface area (Å²) in [5, 5.41) is 17.8. The third kappa shape index (κ3) is 5.10. The molecule has 0 N–H and O–H groups in total. The molecule has 3 aliphatic rings. The first-order chi connectivity index (χ1) is 20.3. The summed E-state index contributed by atoms with van der Waals surface area (Å²) in [4.78, 5) is 17.4. The van der Waals surface area contributed by atoms with Gasteiger partial charge in [-0.2, -0.15) is 18.4 Å². The highest BCUT2D eigenvalue weighted by Crippen LogP contribution is 2.50. The van der Waals surface area contributed by atoms with Gasteiger partial charge in [-0.25, -0.2) is 0 Å². The fourth-order valence-corrected chi connectivity index (χ4v) is 6.96. The fourth-order valence-electron chi connectivity index (χ4n) is 6.96. The molecule has 226 valence electrons. The average molecular weight is 593 g/mol. The molecule has 1 atom stereocenters. The predicted molar refractivity (Wildman–Crippen MR) is 153 cm³/mol. The fraction of sp³-hybridized carbons (Fsp3) is 0.500. The average Bonchev–Trinajstić information content (AvgIpc) is 3.51. The van der Waals surface area contributed by atoms with Gasteiger partial charge >= 0.3 is 6.18 Å². The van der Waals surface area contributed by atoms with Gasteiger partial charge in [-0.1, -0.05) is 12.1 Å². The highest BCUT2D eigenvalue weighted by atomic mass is 19.4. The van der Waals surface area contributed by atoms with Crippen LogP contribution in [0.4, 0.5) is 18.9 Å². The van der Waals surface area contributed by atoms with Gasteiger partial charge in [0.1, 0.15) is 12.2 Å². The van der Waals surface area contributed by atoms with Crippen molar-refractivity contribution in [2.75, 3.05) is 24.6 Å². The number of aryl methyl sites for hydroxylation is 1. The molecule has 3 heterocycles. The van der Waals surface area contributed by atoms with Crippen molar-refractivity contribution >= 4 is 11.6 Å². The Morgan fingerprint density at radius 2 is 1.95 bits per heavy atom. The molecular weight excluding hydrogens is 557 g/mol. The van der Waals surface area contributed by atoms with Crippen LogP contribution < -0.4 is 4.90 Å². The first-order valence-electron chi connectivity index (χ1n) is 14.6. The Morgan fingerprint density at radius 1 is 1.19 bits per heavy atom. The number of alkyl halides is 3. The molecule has 0 radical (unpaired) electrons. The number of morpholine rings is 1. The molecule has 0 bridgehead atoms. The molecule has 2 fully saturated rings. The molecule has 1 aromatic heterocycles. The van der Waals surface area contributed by atoms with Crippen LogP contribution in [0.5, 0.6) is 0 Å². The zero-order valence-electron chi connectivity index (χ0n) is 24.8. The topological polar surface area (TPSA) is 87.3 Å². The SMILES string of the molecule is C[C@@H]1CN(C(C)(C)c2cc3c(c(C(F)(F)F)c2)CN(c2cccc(C4(Cc5nncn5C)CC(C#N)C4)c2)C3=O)CCO1. The van der Waals surface area contributed by atoms with Crippen LogP contribution >= 0.6 is 0 Å². The monoisotopic (exact) mass is 592 g/mol. The normalized spacial score (nSPS) is 24.5. The second-order valence-electron chi connectivity index (χ2n) is 12.7. The number of rotatable bonds is 6. The quantitative estimate of drug-likeness (QED) is 0.383. The van der Waals surface area contributed by atoms with Crippen molar-refractivity contribution in [2.45, 2.75) is 69.8 Å². The number of anilines is 1. The van der Waals surface area contributed by atoms with Crippen molar-refractivity contribution in [3.63, 3.8) is 0 Å². The van der Waals surface area contributed by atoms with Gasteiger partial charge in [-0.3, -0.25) is 9.69 Å². The number of aromatic nitrogens is 3. The molecule has 11 heteroatoms. The Morgan fingerprint density at radius 3 is 2.60 bits per heavy atom. The van der Waals surface area contributed by atoms with Gasteiger partial charge in [0.2, 0.25) is 0 Å². The van der Waals surface area contributed by atoms with Crippen molar-refractivity contribution in [3.8, 4) is 6.07 Å². The number of amides is 1. The number of carbonyl (C=O) groups is 1. The first-order valence-corrected chi connectivity index (χ1v) is 14.6. The van der Waals surface area contributed by atoms with E-state index in [-0.39, 0.29) is 35.1 Å². The number of hydrogen-bond donors (Lipinski definition) is 0. The summed E-state index contributed by atoms with van der Waals surface area (Å²) in [6.45, 7) is 7.25. The zero-order valence-corrected chi connectivity index (χ0v) is 24.8. The molecule has 2 aromatic carbocycles. The molecule has 1 saturated heterocycles. The van der Waals surface area contributed by atoms with Gasteiger partial charge in [-0.15, -0.1) is 10.2 Å². The Balaban J connectivity index is 1.36. The summed E-state index contributed by atoms with van der Waals surface area (Å²) in [7, 11) is 1.87. The summed E-state index contributed by atoms with van der Waals surface area (Å²) in [5.41, 5.74) is 0.124. The third-order valence-corrected chi connectivity index (χ3v) is 9.61. The van der Waals surface area contributed by atoms with Crippen LogP contribution in [0.3, 0.4) is 0 Å². The van der Waals surface area contributed by atoms with Crippen LogP contribution in [0.15, 0.2) is 42.7 Å². The maximum Gasteiger partial charge on any atom is 0.416 e. The number of ether oxygens (including phenoxy) is 1. The van der Waals surface area contributed by atoms with Gasteiger partial charge in [0, 0.05) is 54.7 Å². The molecule has 8 nitrogen and oxygen atoms in total. The van der Waals surface area contributed by atoms with Crippen molar-refractivity contribution in [1.29, 1.82) is 5.26 Å². The van der Waals surface area contributed by atoms with Gasteiger partial charge in [0.25, 0.3) is 5.91 Å². The van der Waals surface area contributed by atoms with E-state index in [1.165, 1.54) is 11.0 Å². The van der Waals surface area contributed by atoms with E-state index >= 15 is 0 Å². The minimum atomic E-state index is -4.62. The number of carbonyl (C=O) groups excluding carboxylic acids is 1. The maximum atomic E-state index is 14.5. The van der Waals surface area contributed by atoms with Gasteiger partial charge in [0.05, 0.1) is 30.9 Å². The van der Waals surface area contributed by atoms with Crippen molar-refractivity contribution in [1.82, 2.24) is 19.7 Å². The highest BCUT2D eigenvalue weighted by Gasteiger charge is 2.47. The van der Waals surface area contributed by atoms with E-state index in [1.807, 2.05) is 50.6 Å². The van der Waals surface area contributed by atoms with Crippen LogP contribution in [0.2, 0.25) is 0 Å². The van der Waals surface area contributed by atoms with Gasteiger partial charge < -0.3 is 14.2 Å². The lowest BCUT2D eigenvalue weighted by molar-refractivity contribution is -0.138. The molecule has 1 aliphatic carbocycles. The first kappa shape index (κ1) is 29.3. The van der Waals surface area contributed by atoms with E-state index in [1.54, 1.807) is 18.5 Å². The number of hydrogen-bond acceptors (Lipinski definition) is 6. The molecule has 1 amide bonds. The van der Waals surface area contributed by atoms with E-state index in [2.05, 4.69) is 21.2 Å². The Bertz CT molecular complexity index is 1600. The number of nitriles is 1. The molecule has 2 aliphatic heterocycles. The smallest absolute Gasteiger partial charge is 0.376 e. The minimum absolute atomic E-state index is 0.000199. The second-order valence-corrected chi connectivity index (χ2v) is 12.7. The molecule has 6 rings (SSSR count). The lowest BCUT2D eigenvalue weighted by Gasteiger charge is -2.45. The van der Waals surface area contributed by atoms with Crippen LogP contribution in [0.25, 0.3) is 0 Å². The van der Waals surface area contributed by atoms with Gasteiger partial charge in [0.15, 0.2) is 0 Å². The molecule has 0 spiro atoms. The van der Waals surface area contributed by atoms with Crippen LogP contribution in [-0.2, 0) is 41.9 Å². The Kier molecular flexibility index (Phi) is 7.13. The molecule has 1 saturated carbocycles. The van der Waals surface area contributed by atoms with Crippen molar-refractivity contribution in [3.05, 3.63) is 76.4 Å². The zero-order chi connectivity index (χ0) is 30.7. The predicted octanol–water partition coefficient (Wildman–Crippen LogP) is 5.36. The Labute approximate surface area is 249 Å². The van der Waals surface area contributed by atoms with Gasteiger partial charge in [-0.05, 0) is 74.6 Å². The minimum Gasteiger partial charge on any atom is -0.376 e. The van der Waals surface area contributed by atoms with Crippen molar-refractivity contribution in [2.24, 2.45) is 13.0 Å². The van der Waals surface area contributed by atoms with E-state index in [4.69, 9.17) is 4.74 Å². The summed E-state index contributed by atoms with van der Waals surface area (Å²) < 4.78 is 51.1.